The Morgan fingerprint density at radius 1 is 0.875 bits per heavy atom. The highest BCUT2D eigenvalue weighted by Gasteiger charge is 2.71. The maximum atomic E-state index is 13.0. The summed E-state index contributed by atoms with van der Waals surface area (Å²) in [6.07, 6.45) is 10.3. The Hall–Kier alpha value is -0.630. The van der Waals surface area contributed by atoms with Crippen molar-refractivity contribution in [1.82, 2.24) is 0 Å². The highest BCUT2D eigenvalue weighted by atomic mass is 16.3. The van der Waals surface area contributed by atoms with E-state index in [4.69, 9.17) is 0 Å². The van der Waals surface area contributed by atoms with Crippen LogP contribution in [0.2, 0.25) is 0 Å². The van der Waals surface area contributed by atoms with Gasteiger partial charge in [-0.25, -0.2) is 0 Å². The molecule has 0 radical (unpaired) electrons. The quantitative estimate of drug-likeness (QED) is 0.438. The second-order valence-corrected chi connectivity index (χ2v) is 14.6. The van der Waals surface area contributed by atoms with Gasteiger partial charge in [-0.2, -0.15) is 0 Å². The molecule has 0 aromatic heterocycles. The monoisotopic (exact) mass is 440 g/mol. The minimum absolute atomic E-state index is 0.0575. The average molecular weight is 441 g/mol. The van der Waals surface area contributed by atoms with Crippen molar-refractivity contribution >= 4 is 5.78 Å². The number of rotatable bonds is 1. The van der Waals surface area contributed by atoms with E-state index in [1.807, 2.05) is 0 Å². The van der Waals surface area contributed by atoms with Gasteiger partial charge in [0, 0.05) is 5.41 Å². The molecule has 0 heterocycles. The van der Waals surface area contributed by atoms with E-state index in [1.54, 1.807) is 0 Å². The van der Waals surface area contributed by atoms with Crippen LogP contribution in [0.3, 0.4) is 0 Å². The first-order valence-electron chi connectivity index (χ1n) is 13.6. The third kappa shape index (κ3) is 2.60. The van der Waals surface area contributed by atoms with E-state index >= 15 is 0 Å². The average Bonchev–Trinajstić information content (AvgIpc) is 3.05. The lowest BCUT2D eigenvalue weighted by Gasteiger charge is -2.72. The number of hydrogen-bond donors (Lipinski definition) is 1. The van der Waals surface area contributed by atoms with Crippen LogP contribution in [0.4, 0.5) is 0 Å². The van der Waals surface area contributed by atoms with Gasteiger partial charge in [0.1, 0.15) is 6.10 Å². The number of carbonyl (C=O) groups excluding carboxylic acids is 1. The fourth-order valence-electron chi connectivity index (χ4n) is 11.4. The molecule has 5 saturated carbocycles. The van der Waals surface area contributed by atoms with Gasteiger partial charge in [-0.3, -0.25) is 4.79 Å². The first-order valence-corrected chi connectivity index (χ1v) is 13.6. The molecule has 0 spiro atoms. The van der Waals surface area contributed by atoms with Crippen molar-refractivity contribution in [3.63, 3.8) is 0 Å². The zero-order chi connectivity index (χ0) is 23.5. The Balaban J connectivity index is 1.56. The molecule has 5 aliphatic carbocycles. The topological polar surface area (TPSA) is 37.3 Å². The maximum Gasteiger partial charge on any atom is 0.167 e. The molecule has 5 unspecified atom stereocenters. The van der Waals surface area contributed by atoms with Crippen LogP contribution in [0.5, 0.6) is 0 Å². The van der Waals surface area contributed by atoms with E-state index in [2.05, 4.69) is 55.0 Å². The van der Waals surface area contributed by atoms with Gasteiger partial charge in [-0.1, -0.05) is 53.7 Å². The molecule has 10 atom stereocenters. The SMILES string of the molecule is C=C(C)C1CC[C@]2(C)CC[C@]3(C)C(CCC4[C@@]5(C)C[C@@H](O)C(=O)C(C)(C)C5CC[C@]43C)C12. The number of aliphatic hydroxyl groups is 1. The van der Waals surface area contributed by atoms with Crippen LogP contribution in [0.25, 0.3) is 0 Å². The van der Waals surface area contributed by atoms with Crippen LogP contribution in [0, 0.1) is 56.7 Å². The van der Waals surface area contributed by atoms with Crippen LogP contribution in [0.1, 0.15) is 106 Å². The minimum Gasteiger partial charge on any atom is -0.385 e. The summed E-state index contributed by atoms with van der Waals surface area (Å²) >= 11 is 0. The number of Topliss-reactive ketones (excluding diaryl/α,β-unsaturated/α-hetero) is 1. The molecule has 0 amide bonds. The molecule has 180 valence electrons. The minimum atomic E-state index is -0.781. The molecule has 32 heavy (non-hydrogen) atoms. The van der Waals surface area contributed by atoms with E-state index < -0.39 is 11.5 Å². The molecule has 0 aromatic rings. The number of fused-ring (bicyclic) bond motifs is 7. The van der Waals surface area contributed by atoms with Crippen LogP contribution in [-0.4, -0.2) is 17.0 Å². The molecule has 1 N–H and O–H groups in total. The molecule has 5 fully saturated rings. The second kappa shape index (κ2) is 6.73. The van der Waals surface area contributed by atoms with Gasteiger partial charge in [-0.15, -0.1) is 0 Å². The van der Waals surface area contributed by atoms with Crippen LogP contribution >= 0.6 is 0 Å². The summed E-state index contributed by atoms with van der Waals surface area (Å²) in [5.41, 5.74) is 2.20. The Kier molecular flexibility index (Phi) is 4.87. The molecule has 0 aliphatic heterocycles. The molecular formula is C30H48O2. The van der Waals surface area contributed by atoms with Crippen LogP contribution in [-0.2, 0) is 4.79 Å². The van der Waals surface area contributed by atoms with E-state index in [1.165, 1.54) is 50.5 Å². The predicted octanol–water partition coefficient (Wildman–Crippen LogP) is 7.20. The van der Waals surface area contributed by atoms with E-state index in [-0.39, 0.29) is 11.2 Å². The molecular weight excluding hydrogens is 392 g/mol. The summed E-state index contributed by atoms with van der Waals surface area (Å²) in [4.78, 5) is 13.0. The standard InChI is InChI=1S/C30H48O2/c1-18(2)19-11-13-27(5)15-16-29(7)20(24(19)27)9-10-23-28(6)17-21(31)25(32)26(3,4)22(28)12-14-30(23,29)8/h19-24,31H,1,9-17H2,2-8H3/t19?,20?,21-,22?,23?,24?,27-,28+,29-,30-/m1/s1. The van der Waals surface area contributed by atoms with Crippen LogP contribution < -0.4 is 0 Å². The Morgan fingerprint density at radius 2 is 1.56 bits per heavy atom. The van der Waals surface area contributed by atoms with Gasteiger partial charge >= 0.3 is 0 Å². The lowest BCUT2D eigenvalue weighted by Crippen LogP contribution is -2.67. The Morgan fingerprint density at radius 3 is 2.22 bits per heavy atom. The first-order chi connectivity index (χ1) is 14.7. The summed E-state index contributed by atoms with van der Waals surface area (Å²) in [6, 6.07) is 0. The van der Waals surface area contributed by atoms with E-state index in [0.29, 0.717) is 40.4 Å². The normalized spacial score (nSPS) is 56.6. The van der Waals surface area contributed by atoms with Gasteiger partial charge in [0.2, 0.25) is 0 Å². The molecule has 0 bridgehead atoms. The van der Waals surface area contributed by atoms with Crippen molar-refractivity contribution in [1.29, 1.82) is 0 Å². The highest BCUT2D eigenvalue weighted by Crippen LogP contribution is 2.77. The third-order valence-corrected chi connectivity index (χ3v) is 13.2. The number of aliphatic hydroxyl groups excluding tert-OH is 1. The van der Waals surface area contributed by atoms with Gasteiger partial charge in [-0.05, 0) is 116 Å². The lowest BCUT2D eigenvalue weighted by molar-refractivity contribution is -0.239. The zero-order valence-corrected chi connectivity index (χ0v) is 21.9. The molecule has 5 aliphatic rings. The molecule has 2 nitrogen and oxygen atoms in total. The lowest BCUT2D eigenvalue weighted by atomic mass is 9.32. The fraction of sp³-hybridized carbons (Fsp3) is 0.900. The van der Waals surface area contributed by atoms with Crippen molar-refractivity contribution in [2.45, 2.75) is 112 Å². The second-order valence-electron chi connectivity index (χ2n) is 14.6. The van der Waals surface area contributed by atoms with E-state index in [9.17, 15) is 9.90 Å². The third-order valence-electron chi connectivity index (χ3n) is 13.2. The number of carbonyl (C=O) groups is 1. The number of ketones is 1. The van der Waals surface area contributed by atoms with E-state index in [0.717, 1.165) is 18.3 Å². The zero-order valence-electron chi connectivity index (χ0n) is 21.9. The Labute approximate surface area is 197 Å². The van der Waals surface area contributed by atoms with Crippen molar-refractivity contribution in [3.8, 4) is 0 Å². The number of hydrogen-bond acceptors (Lipinski definition) is 2. The predicted molar refractivity (Wildman–Crippen MR) is 131 cm³/mol. The Bertz CT molecular complexity index is 842. The molecule has 0 aromatic carbocycles. The molecule has 2 heteroatoms. The summed E-state index contributed by atoms with van der Waals surface area (Å²) in [5.74, 6) is 3.36. The summed E-state index contributed by atoms with van der Waals surface area (Å²) in [5, 5.41) is 10.9. The molecule has 5 rings (SSSR count). The van der Waals surface area contributed by atoms with Gasteiger partial charge in [0.05, 0.1) is 0 Å². The number of allylic oxidation sites excluding steroid dienone is 1. The van der Waals surface area contributed by atoms with Crippen LogP contribution in [0.15, 0.2) is 12.2 Å². The largest absolute Gasteiger partial charge is 0.385 e. The highest BCUT2D eigenvalue weighted by molar-refractivity contribution is 5.89. The van der Waals surface area contributed by atoms with Crippen molar-refractivity contribution in [2.75, 3.05) is 0 Å². The van der Waals surface area contributed by atoms with Gasteiger partial charge in [0.25, 0.3) is 0 Å². The van der Waals surface area contributed by atoms with Gasteiger partial charge in [0.15, 0.2) is 5.78 Å². The van der Waals surface area contributed by atoms with Crippen molar-refractivity contribution in [2.24, 2.45) is 56.7 Å². The van der Waals surface area contributed by atoms with Gasteiger partial charge < -0.3 is 5.11 Å². The molecule has 0 saturated heterocycles. The summed E-state index contributed by atoms with van der Waals surface area (Å²) in [6.45, 7) is 21.3. The smallest absolute Gasteiger partial charge is 0.167 e. The maximum absolute atomic E-state index is 13.0. The van der Waals surface area contributed by atoms with Crippen molar-refractivity contribution < 1.29 is 9.90 Å². The summed E-state index contributed by atoms with van der Waals surface area (Å²) < 4.78 is 0. The van der Waals surface area contributed by atoms with Crippen molar-refractivity contribution in [3.05, 3.63) is 12.2 Å². The fourth-order valence-corrected chi connectivity index (χ4v) is 11.4. The summed E-state index contributed by atoms with van der Waals surface area (Å²) in [7, 11) is 0. The first kappa shape index (κ1) is 23.1.